The van der Waals surface area contributed by atoms with Gasteiger partial charge in [0.1, 0.15) is 24.1 Å². The summed E-state index contributed by atoms with van der Waals surface area (Å²) in [4.78, 5) is 7.98. The fourth-order valence-electron chi connectivity index (χ4n) is 2.58. The van der Waals surface area contributed by atoms with Crippen molar-refractivity contribution >= 4 is 39.3 Å². The maximum absolute atomic E-state index is 9.41. The number of nitriles is 1. The fourth-order valence-corrected chi connectivity index (χ4v) is 3.32. The van der Waals surface area contributed by atoms with Gasteiger partial charge in [0.25, 0.3) is 0 Å². The van der Waals surface area contributed by atoms with Gasteiger partial charge in [0.15, 0.2) is 11.5 Å². The summed E-state index contributed by atoms with van der Waals surface area (Å²) in [6.45, 7) is 0.255. The summed E-state index contributed by atoms with van der Waals surface area (Å²) < 4.78 is 12.0. The molecule has 0 fully saturated rings. The second-order valence-corrected chi connectivity index (χ2v) is 6.93. The van der Waals surface area contributed by atoms with Gasteiger partial charge in [-0.2, -0.15) is 10.2 Å². The molecule has 0 aliphatic carbocycles. The van der Waals surface area contributed by atoms with Crippen molar-refractivity contribution in [1.82, 2.24) is 9.97 Å². The molecule has 2 aromatic carbocycles. The van der Waals surface area contributed by atoms with Gasteiger partial charge in [-0.1, -0.05) is 29.8 Å². The van der Waals surface area contributed by atoms with Crippen LogP contribution in [0.4, 0.5) is 11.8 Å². The molecule has 0 aliphatic heterocycles. The zero-order chi connectivity index (χ0) is 20.3. The van der Waals surface area contributed by atoms with E-state index in [0.717, 1.165) is 5.56 Å². The van der Waals surface area contributed by atoms with Gasteiger partial charge in [0.05, 0.1) is 17.3 Å². The first kappa shape index (κ1) is 19.7. The predicted molar refractivity (Wildman–Crippen MR) is 111 cm³/mol. The average molecular weight is 461 g/mol. The van der Waals surface area contributed by atoms with Crippen LogP contribution >= 0.6 is 27.5 Å². The minimum Gasteiger partial charge on any atom is -0.493 e. The lowest BCUT2D eigenvalue weighted by Crippen LogP contribution is -2.05. The molecule has 3 aromatic rings. The third-order valence-electron chi connectivity index (χ3n) is 3.90. The molecule has 7 nitrogen and oxygen atoms in total. The summed E-state index contributed by atoms with van der Waals surface area (Å²) in [7, 11) is 1.52. The molecule has 1 aromatic heterocycles. The first-order valence-electron chi connectivity index (χ1n) is 8.01. The van der Waals surface area contributed by atoms with Crippen molar-refractivity contribution in [2.45, 2.75) is 6.61 Å². The Morgan fingerprint density at radius 3 is 2.64 bits per heavy atom. The number of aromatic nitrogens is 2. The minimum atomic E-state index is -0.0272. The standard InChI is InChI=1S/C19H15BrClN5O2/c1-27-15-7-11(16-12(8-22)18(23)26-19(24)25-16)6-13(20)17(15)28-9-10-4-2-3-5-14(10)21/h2-7H,9H2,1H3,(H4,23,24,25,26). The molecule has 0 saturated carbocycles. The highest BCUT2D eigenvalue weighted by Crippen LogP contribution is 2.41. The van der Waals surface area contributed by atoms with Gasteiger partial charge in [-0.3, -0.25) is 0 Å². The van der Waals surface area contributed by atoms with E-state index in [2.05, 4.69) is 25.9 Å². The normalized spacial score (nSPS) is 10.4. The van der Waals surface area contributed by atoms with Crippen molar-refractivity contribution in [3.63, 3.8) is 0 Å². The van der Waals surface area contributed by atoms with Crippen LogP contribution in [-0.4, -0.2) is 17.1 Å². The molecule has 3 rings (SSSR count). The van der Waals surface area contributed by atoms with Crippen molar-refractivity contribution < 1.29 is 9.47 Å². The number of nitrogens with two attached hydrogens (primary N) is 2. The van der Waals surface area contributed by atoms with E-state index in [1.165, 1.54) is 7.11 Å². The number of ether oxygens (including phenoxy) is 2. The van der Waals surface area contributed by atoms with E-state index in [1.54, 1.807) is 18.2 Å². The highest BCUT2D eigenvalue weighted by atomic mass is 79.9. The zero-order valence-electron chi connectivity index (χ0n) is 14.7. The van der Waals surface area contributed by atoms with Crippen LogP contribution in [0.15, 0.2) is 40.9 Å². The molecule has 0 bridgehead atoms. The largest absolute Gasteiger partial charge is 0.493 e. The lowest BCUT2D eigenvalue weighted by molar-refractivity contribution is 0.283. The Hall–Kier alpha value is -3.02. The average Bonchev–Trinajstić information content (AvgIpc) is 2.67. The maximum atomic E-state index is 9.41. The number of hydrogen-bond donors (Lipinski definition) is 2. The number of anilines is 2. The van der Waals surface area contributed by atoms with Gasteiger partial charge >= 0.3 is 0 Å². The topological polar surface area (TPSA) is 120 Å². The van der Waals surface area contributed by atoms with Gasteiger partial charge in [-0.15, -0.1) is 0 Å². The van der Waals surface area contributed by atoms with Gasteiger partial charge < -0.3 is 20.9 Å². The van der Waals surface area contributed by atoms with Crippen LogP contribution in [0.25, 0.3) is 11.3 Å². The van der Waals surface area contributed by atoms with E-state index in [-0.39, 0.29) is 23.9 Å². The fraction of sp³-hybridized carbons (Fsp3) is 0.105. The summed E-state index contributed by atoms with van der Waals surface area (Å²) >= 11 is 9.67. The number of halogens is 2. The summed E-state index contributed by atoms with van der Waals surface area (Å²) in [5.41, 5.74) is 13.3. The third kappa shape index (κ3) is 3.96. The number of methoxy groups -OCH3 is 1. The van der Waals surface area contributed by atoms with Crippen LogP contribution in [0.3, 0.4) is 0 Å². The Bertz CT molecular complexity index is 1080. The summed E-state index contributed by atoms with van der Waals surface area (Å²) in [5.74, 6) is 0.913. The summed E-state index contributed by atoms with van der Waals surface area (Å²) in [5, 5.41) is 10.0. The van der Waals surface area contributed by atoms with Crippen molar-refractivity contribution in [2.24, 2.45) is 0 Å². The SMILES string of the molecule is COc1cc(-c2nc(N)nc(N)c2C#N)cc(Br)c1OCc1ccccc1Cl. The monoisotopic (exact) mass is 459 g/mol. The van der Waals surface area contributed by atoms with E-state index in [1.807, 2.05) is 24.3 Å². The molecule has 0 unspecified atom stereocenters. The van der Waals surface area contributed by atoms with E-state index in [4.69, 9.17) is 32.5 Å². The Morgan fingerprint density at radius 2 is 1.96 bits per heavy atom. The first-order chi connectivity index (χ1) is 13.4. The Balaban J connectivity index is 2.02. The molecule has 4 N–H and O–H groups in total. The molecule has 0 saturated heterocycles. The van der Waals surface area contributed by atoms with Gasteiger partial charge in [0.2, 0.25) is 5.95 Å². The van der Waals surface area contributed by atoms with Crippen LogP contribution < -0.4 is 20.9 Å². The van der Waals surface area contributed by atoms with Crippen LogP contribution in [0.2, 0.25) is 5.02 Å². The summed E-state index contributed by atoms with van der Waals surface area (Å²) in [6, 6.07) is 12.8. The summed E-state index contributed by atoms with van der Waals surface area (Å²) in [6.07, 6.45) is 0. The predicted octanol–water partition coefficient (Wildman–Crippen LogP) is 4.18. The smallest absolute Gasteiger partial charge is 0.222 e. The Labute approximate surface area is 175 Å². The van der Waals surface area contributed by atoms with Crippen molar-refractivity contribution in [3.8, 4) is 28.8 Å². The minimum absolute atomic E-state index is 0.0131. The molecule has 28 heavy (non-hydrogen) atoms. The van der Waals surface area contributed by atoms with E-state index in [9.17, 15) is 5.26 Å². The first-order valence-corrected chi connectivity index (χ1v) is 9.19. The second kappa shape index (κ2) is 8.33. The Kier molecular flexibility index (Phi) is 5.87. The zero-order valence-corrected chi connectivity index (χ0v) is 17.1. The molecule has 0 amide bonds. The van der Waals surface area contributed by atoms with Gasteiger partial charge in [-0.25, -0.2) is 4.98 Å². The Morgan fingerprint density at radius 1 is 1.21 bits per heavy atom. The second-order valence-electron chi connectivity index (χ2n) is 5.67. The molecule has 1 heterocycles. The van der Waals surface area contributed by atoms with Gasteiger partial charge in [0, 0.05) is 16.1 Å². The number of hydrogen-bond acceptors (Lipinski definition) is 7. The van der Waals surface area contributed by atoms with Crippen LogP contribution in [0.1, 0.15) is 11.1 Å². The number of nitrogens with zero attached hydrogens (tertiary/aromatic N) is 3. The van der Waals surface area contributed by atoms with Crippen LogP contribution in [0.5, 0.6) is 11.5 Å². The molecular weight excluding hydrogens is 446 g/mol. The van der Waals surface area contributed by atoms with Gasteiger partial charge in [-0.05, 0) is 34.1 Å². The molecule has 0 atom stereocenters. The molecule has 0 spiro atoms. The van der Waals surface area contributed by atoms with Crippen LogP contribution in [0, 0.1) is 11.3 Å². The maximum Gasteiger partial charge on any atom is 0.222 e. The molecule has 0 aliphatic rings. The lowest BCUT2D eigenvalue weighted by Gasteiger charge is -2.15. The number of nitrogen functional groups attached to an aromatic ring is 2. The molecular formula is C19H15BrClN5O2. The molecule has 0 radical (unpaired) electrons. The van der Waals surface area contributed by atoms with E-state index >= 15 is 0 Å². The van der Waals surface area contributed by atoms with Crippen LogP contribution in [-0.2, 0) is 6.61 Å². The van der Waals surface area contributed by atoms with Crippen molar-refractivity contribution in [2.75, 3.05) is 18.6 Å². The van der Waals surface area contributed by atoms with Crippen molar-refractivity contribution in [1.29, 1.82) is 5.26 Å². The molecule has 9 heteroatoms. The highest BCUT2D eigenvalue weighted by molar-refractivity contribution is 9.10. The third-order valence-corrected chi connectivity index (χ3v) is 4.86. The quantitative estimate of drug-likeness (QED) is 0.586. The van der Waals surface area contributed by atoms with E-state index in [0.29, 0.717) is 32.3 Å². The van der Waals surface area contributed by atoms with E-state index < -0.39 is 0 Å². The highest BCUT2D eigenvalue weighted by Gasteiger charge is 2.18. The lowest BCUT2D eigenvalue weighted by atomic mass is 10.1. The van der Waals surface area contributed by atoms with Crippen molar-refractivity contribution in [3.05, 3.63) is 57.0 Å². The number of rotatable bonds is 5. The number of benzene rings is 2. The molecule has 142 valence electrons.